The molecule has 2 aromatic rings. The third-order valence-electron chi connectivity index (χ3n) is 4.87. The predicted molar refractivity (Wildman–Crippen MR) is 84.5 cm³/mol. The van der Waals surface area contributed by atoms with Gasteiger partial charge in [0.05, 0.1) is 6.20 Å². The van der Waals surface area contributed by atoms with Gasteiger partial charge in [-0.1, -0.05) is 0 Å². The Morgan fingerprint density at radius 1 is 1.27 bits per heavy atom. The number of fused-ring (bicyclic) bond motifs is 1. The molecule has 116 valence electrons. The van der Waals surface area contributed by atoms with Gasteiger partial charge in [0.15, 0.2) is 0 Å². The Morgan fingerprint density at radius 2 is 2.14 bits per heavy atom. The number of aryl methyl sites for hydroxylation is 1. The van der Waals surface area contributed by atoms with Crippen molar-refractivity contribution in [2.75, 3.05) is 6.54 Å². The number of nitrogens with zero attached hydrogens (tertiary/aromatic N) is 5. The molecule has 5 nitrogen and oxygen atoms in total. The van der Waals surface area contributed by atoms with Crippen molar-refractivity contribution >= 4 is 0 Å². The highest BCUT2D eigenvalue weighted by molar-refractivity contribution is 5.23. The van der Waals surface area contributed by atoms with Crippen LogP contribution in [0.4, 0.5) is 0 Å². The molecule has 0 aromatic carbocycles. The van der Waals surface area contributed by atoms with Gasteiger partial charge in [-0.25, -0.2) is 9.97 Å². The van der Waals surface area contributed by atoms with Crippen LogP contribution in [0, 0.1) is 6.92 Å². The first kappa shape index (κ1) is 13.9. The first-order valence-corrected chi connectivity index (χ1v) is 8.33. The topological polar surface area (TPSA) is 46.8 Å². The van der Waals surface area contributed by atoms with E-state index in [4.69, 9.17) is 4.98 Å². The Kier molecular flexibility index (Phi) is 3.45. The molecule has 22 heavy (non-hydrogen) atoms. The summed E-state index contributed by atoms with van der Waals surface area (Å²) in [4.78, 5) is 11.9. The van der Waals surface area contributed by atoms with E-state index in [0.29, 0.717) is 5.92 Å². The van der Waals surface area contributed by atoms with Crippen molar-refractivity contribution in [3.05, 3.63) is 40.7 Å². The van der Waals surface area contributed by atoms with Crippen molar-refractivity contribution < 1.29 is 0 Å². The lowest BCUT2D eigenvalue weighted by molar-refractivity contribution is 0.242. The minimum Gasteiger partial charge on any atom is -0.294 e. The molecule has 1 aliphatic heterocycles. The molecule has 1 saturated carbocycles. The second kappa shape index (κ2) is 5.47. The standard InChI is InChI=1S/C17H23N5/c1-3-22-12(2)14(9-19-22)10-21-7-6-16-15(11-21)8-18-17(20-16)13-4-5-13/h8-9,13H,3-7,10-11H2,1-2H3. The summed E-state index contributed by atoms with van der Waals surface area (Å²) >= 11 is 0. The average molecular weight is 297 g/mol. The Balaban J connectivity index is 1.48. The van der Waals surface area contributed by atoms with Crippen molar-refractivity contribution in [1.29, 1.82) is 0 Å². The van der Waals surface area contributed by atoms with Crippen LogP contribution in [0.15, 0.2) is 12.4 Å². The largest absolute Gasteiger partial charge is 0.294 e. The average Bonchev–Trinajstić information content (AvgIpc) is 3.33. The van der Waals surface area contributed by atoms with Crippen molar-refractivity contribution in [2.45, 2.75) is 58.7 Å². The maximum absolute atomic E-state index is 4.80. The SMILES string of the molecule is CCn1ncc(CN2CCc3nc(C4CC4)ncc3C2)c1C. The molecule has 0 unspecified atom stereocenters. The summed E-state index contributed by atoms with van der Waals surface area (Å²) in [5.74, 6) is 1.72. The molecule has 0 atom stereocenters. The molecular weight excluding hydrogens is 274 g/mol. The first-order chi connectivity index (χ1) is 10.7. The second-order valence-corrected chi connectivity index (χ2v) is 6.51. The Labute approximate surface area is 131 Å². The molecule has 1 fully saturated rings. The van der Waals surface area contributed by atoms with E-state index < -0.39 is 0 Å². The molecule has 4 rings (SSSR count). The molecule has 2 aliphatic rings. The third-order valence-corrected chi connectivity index (χ3v) is 4.87. The summed E-state index contributed by atoms with van der Waals surface area (Å²) in [7, 11) is 0. The van der Waals surface area contributed by atoms with E-state index >= 15 is 0 Å². The molecule has 0 bridgehead atoms. The maximum atomic E-state index is 4.80. The summed E-state index contributed by atoms with van der Waals surface area (Å²) in [6.07, 6.45) is 7.65. The van der Waals surface area contributed by atoms with Crippen LogP contribution < -0.4 is 0 Å². The molecule has 1 aliphatic carbocycles. The summed E-state index contributed by atoms with van der Waals surface area (Å²) in [6, 6.07) is 0. The molecule has 2 aromatic heterocycles. The number of aromatic nitrogens is 4. The minimum atomic E-state index is 0.644. The van der Waals surface area contributed by atoms with Gasteiger partial charge in [-0.05, 0) is 26.7 Å². The lowest BCUT2D eigenvalue weighted by Gasteiger charge is -2.28. The fourth-order valence-corrected chi connectivity index (χ4v) is 3.26. The summed E-state index contributed by atoms with van der Waals surface area (Å²) in [6.45, 7) is 8.23. The molecular formula is C17H23N5. The minimum absolute atomic E-state index is 0.644. The van der Waals surface area contributed by atoms with E-state index in [2.05, 4.69) is 39.7 Å². The first-order valence-electron chi connectivity index (χ1n) is 8.33. The van der Waals surface area contributed by atoms with E-state index in [0.717, 1.165) is 38.4 Å². The van der Waals surface area contributed by atoms with Crippen LogP contribution in [-0.2, 0) is 26.1 Å². The zero-order valence-electron chi connectivity index (χ0n) is 13.4. The van der Waals surface area contributed by atoms with E-state index in [1.54, 1.807) is 0 Å². The normalized spacial score (nSPS) is 18.5. The lowest BCUT2D eigenvalue weighted by atomic mass is 10.1. The highest BCUT2D eigenvalue weighted by Crippen LogP contribution is 2.38. The quantitative estimate of drug-likeness (QED) is 0.869. The second-order valence-electron chi connectivity index (χ2n) is 6.51. The smallest absolute Gasteiger partial charge is 0.131 e. The Bertz CT molecular complexity index is 686. The molecule has 3 heterocycles. The molecule has 5 heteroatoms. The molecule has 0 amide bonds. The number of rotatable bonds is 4. The van der Waals surface area contributed by atoms with Gasteiger partial charge in [0.25, 0.3) is 0 Å². The summed E-state index contributed by atoms with van der Waals surface area (Å²) < 4.78 is 2.07. The van der Waals surface area contributed by atoms with Gasteiger partial charge in [-0.3, -0.25) is 9.58 Å². The van der Waals surface area contributed by atoms with Gasteiger partial charge in [-0.2, -0.15) is 5.10 Å². The van der Waals surface area contributed by atoms with Crippen LogP contribution in [0.25, 0.3) is 0 Å². The molecule has 0 N–H and O–H groups in total. The van der Waals surface area contributed by atoms with Crippen LogP contribution in [0.3, 0.4) is 0 Å². The Morgan fingerprint density at radius 3 is 2.86 bits per heavy atom. The molecule has 0 spiro atoms. The van der Waals surface area contributed by atoms with E-state index in [1.165, 1.54) is 35.4 Å². The highest BCUT2D eigenvalue weighted by atomic mass is 15.3. The zero-order chi connectivity index (χ0) is 15.1. The molecule has 0 radical (unpaired) electrons. The van der Waals surface area contributed by atoms with Crippen LogP contribution in [0.5, 0.6) is 0 Å². The van der Waals surface area contributed by atoms with Crippen molar-refractivity contribution in [3.63, 3.8) is 0 Å². The van der Waals surface area contributed by atoms with Gasteiger partial charge in [-0.15, -0.1) is 0 Å². The van der Waals surface area contributed by atoms with Gasteiger partial charge in [0.1, 0.15) is 5.82 Å². The van der Waals surface area contributed by atoms with Crippen molar-refractivity contribution in [3.8, 4) is 0 Å². The van der Waals surface area contributed by atoms with Crippen LogP contribution in [0.1, 0.15) is 54.0 Å². The monoisotopic (exact) mass is 297 g/mol. The predicted octanol–water partition coefficient (Wildman–Crippen LogP) is 2.44. The van der Waals surface area contributed by atoms with E-state index in [1.807, 2.05) is 6.20 Å². The Hall–Kier alpha value is -1.75. The van der Waals surface area contributed by atoms with Crippen molar-refractivity contribution in [2.24, 2.45) is 0 Å². The fraction of sp³-hybridized carbons (Fsp3) is 0.588. The summed E-state index contributed by atoms with van der Waals surface area (Å²) in [5, 5.41) is 4.45. The van der Waals surface area contributed by atoms with Crippen LogP contribution in [-0.4, -0.2) is 31.2 Å². The molecule has 0 saturated heterocycles. The van der Waals surface area contributed by atoms with Gasteiger partial charge >= 0.3 is 0 Å². The number of hydrogen-bond donors (Lipinski definition) is 0. The lowest BCUT2D eigenvalue weighted by Crippen LogP contribution is -2.31. The van der Waals surface area contributed by atoms with Crippen LogP contribution >= 0.6 is 0 Å². The van der Waals surface area contributed by atoms with Gasteiger partial charge in [0, 0.05) is 67.2 Å². The zero-order valence-corrected chi connectivity index (χ0v) is 13.4. The van der Waals surface area contributed by atoms with Crippen molar-refractivity contribution in [1.82, 2.24) is 24.6 Å². The third kappa shape index (κ3) is 2.54. The van der Waals surface area contributed by atoms with E-state index in [9.17, 15) is 0 Å². The van der Waals surface area contributed by atoms with Gasteiger partial charge in [0.2, 0.25) is 0 Å². The van der Waals surface area contributed by atoms with Gasteiger partial charge < -0.3 is 0 Å². The maximum Gasteiger partial charge on any atom is 0.131 e. The summed E-state index contributed by atoms with van der Waals surface area (Å²) in [5.41, 5.74) is 5.19. The highest BCUT2D eigenvalue weighted by Gasteiger charge is 2.28. The van der Waals surface area contributed by atoms with Crippen LogP contribution in [0.2, 0.25) is 0 Å². The van der Waals surface area contributed by atoms with E-state index in [-0.39, 0.29) is 0 Å². The number of hydrogen-bond acceptors (Lipinski definition) is 4. The fourth-order valence-electron chi connectivity index (χ4n) is 3.26.